The number of carbonyl (C=O) groups is 1. The van der Waals surface area contributed by atoms with Gasteiger partial charge in [0.2, 0.25) is 10.0 Å². The summed E-state index contributed by atoms with van der Waals surface area (Å²) in [5.74, 6) is -0.332. The second-order valence-electron chi connectivity index (χ2n) is 8.09. The Morgan fingerprint density at radius 1 is 1.20 bits per heavy atom. The maximum atomic E-state index is 12.7. The highest BCUT2D eigenvalue weighted by Crippen LogP contribution is 2.25. The molecule has 30 heavy (non-hydrogen) atoms. The zero-order chi connectivity index (χ0) is 21.8. The molecular weight excluding hydrogens is 424 g/mol. The molecule has 2 N–H and O–H groups in total. The lowest BCUT2D eigenvalue weighted by molar-refractivity contribution is 0.0945. The summed E-state index contributed by atoms with van der Waals surface area (Å²) >= 11 is 6.08. The molecular formula is C22H27ClN2O4S. The zero-order valence-electron chi connectivity index (χ0n) is 17.2. The summed E-state index contributed by atoms with van der Waals surface area (Å²) < 4.78 is 33.2. The van der Waals surface area contributed by atoms with E-state index in [-0.39, 0.29) is 34.4 Å². The van der Waals surface area contributed by atoms with Crippen molar-refractivity contribution in [3.05, 3.63) is 64.7 Å². The van der Waals surface area contributed by atoms with Gasteiger partial charge in [-0.25, -0.2) is 13.1 Å². The summed E-state index contributed by atoms with van der Waals surface area (Å²) in [4.78, 5) is 12.7. The molecule has 8 heteroatoms. The summed E-state index contributed by atoms with van der Waals surface area (Å²) in [5, 5.41) is 3.53. The van der Waals surface area contributed by atoms with Crippen molar-refractivity contribution >= 4 is 27.5 Å². The number of rotatable bonds is 8. The Morgan fingerprint density at radius 2 is 1.97 bits per heavy atom. The van der Waals surface area contributed by atoms with Crippen LogP contribution in [0.15, 0.2) is 53.4 Å². The van der Waals surface area contributed by atoms with E-state index in [9.17, 15) is 13.2 Å². The second-order valence-corrected chi connectivity index (χ2v) is 10.3. The van der Waals surface area contributed by atoms with Crippen molar-refractivity contribution in [2.45, 2.75) is 43.1 Å². The van der Waals surface area contributed by atoms with Crippen LogP contribution in [-0.2, 0) is 20.2 Å². The van der Waals surface area contributed by atoms with Gasteiger partial charge in [-0.05, 0) is 48.7 Å². The monoisotopic (exact) mass is 450 g/mol. The van der Waals surface area contributed by atoms with Crippen LogP contribution < -0.4 is 10.0 Å². The summed E-state index contributed by atoms with van der Waals surface area (Å²) in [6.07, 6.45) is 1.68. The van der Waals surface area contributed by atoms with Crippen molar-refractivity contribution in [2.24, 2.45) is 0 Å². The molecule has 0 aliphatic carbocycles. The molecule has 0 radical (unpaired) electrons. The van der Waals surface area contributed by atoms with Crippen LogP contribution in [0.1, 0.15) is 42.6 Å². The number of halogens is 1. The average Bonchev–Trinajstić information content (AvgIpc) is 3.24. The maximum Gasteiger partial charge on any atom is 0.251 e. The highest BCUT2D eigenvalue weighted by Gasteiger charge is 2.23. The fraction of sp³-hybridized carbons (Fsp3) is 0.409. The van der Waals surface area contributed by atoms with Gasteiger partial charge < -0.3 is 10.1 Å². The van der Waals surface area contributed by atoms with Crippen LogP contribution in [0.5, 0.6) is 0 Å². The van der Waals surface area contributed by atoms with E-state index in [0.29, 0.717) is 18.2 Å². The van der Waals surface area contributed by atoms with E-state index < -0.39 is 10.0 Å². The summed E-state index contributed by atoms with van der Waals surface area (Å²) in [7, 11) is -3.72. The second kappa shape index (κ2) is 9.47. The maximum absolute atomic E-state index is 12.7. The number of amides is 1. The molecule has 1 atom stereocenters. The third-order valence-electron chi connectivity index (χ3n) is 5.23. The molecule has 1 heterocycles. The molecule has 0 aromatic heterocycles. The Morgan fingerprint density at radius 3 is 2.67 bits per heavy atom. The number of carbonyl (C=O) groups excluding carboxylic acids is 1. The largest absolute Gasteiger partial charge is 0.377 e. The third kappa shape index (κ3) is 5.82. The molecule has 2 aromatic rings. The van der Waals surface area contributed by atoms with Gasteiger partial charge in [0, 0.05) is 35.7 Å². The first-order valence-electron chi connectivity index (χ1n) is 9.93. The van der Waals surface area contributed by atoms with Crippen LogP contribution in [0.4, 0.5) is 0 Å². The molecule has 1 amide bonds. The Labute approximate surface area is 183 Å². The first-order chi connectivity index (χ1) is 14.2. The Bertz CT molecular complexity index is 1000. The number of benzene rings is 2. The first-order valence-corrected chi connectivity index (χ1v) is 11.8. The van der Waals surface area contributed by atoms with Crippen LogP contribution in [-0.4, -0.2) is 40.1 Å². The van der Waals surface area contributed by atoms with Gasteiger partial charge in [-0.3, -0.25) is 4.79 Å². The van der Waals surface area contributed by atoms with E-state index in [2.05, 4.69) is 10.0 Å². The van der Waals surface area contributed by atoms with E-state index in [1.54, 1.807) is 18.2 Å². The summed E-state index contributed by atoms with van der Waals surface area (Å²) in [6, 6.07) is 13.5. The van der Waals surface area contributed by atoms with Crippen LogP contribution in [0.25, 0.3) is 0 Å². The summed E-state index contributed by atoms with van der Waals surface area (Å²) in [6.45, 7) is 5.28. The lowest BCUT2D eigenvalue weighted by Crippen LogP contribution is -2.37. The molecule has 2 aromatic carbocycles. The van der Waals surface area contributed by atoms with E-state index in [1.165, 1.54) is 12.1 Å². The smallest absolute Gasteiger partial charge is 0.251 e. The molecule has 1 saturated heterocycles. The van der Waals surface area contributed by atoms with E-state index >= 15 is 0 Å². The van der Waals surface area contributed by atoms with Gasteiger partial charge in [0.05, 0.1) is 11.0 Å². The highest BCUT2D eigenvalue weighted by molar-refractivity contribution is 7.89. The highest BCUT2D eigenvalue weighted by atomic mass is 35.5. The minimum absolute atomic E-state index is 0.0576. The van der Waals surface area contributed by atoms with Crippen LogP contribution in [0.2, 0.25) is 5.02 Å². The van der Waals surface area contributed by atoms with Gasteiger partial charge in [-0.2, -0.15) is 0 Å². The third-order valence-corrected chi connectivity index (χ3v) is 6.88. The van der Waals surface area contributed by atoms with E-state index in [4.69, 9.17) is 16.3 Å². The predicted molar refractivity (Wildman–Crippen MR) is 117 cm³/mol. The van der Waals surface area contributed by atoms with Crippen LogP contribution >= 0.6 is 11.6 Å². The Hall–Kier alpha value is -1.93. The summed E-state index contributed by atoms with van der Waals surface area (Å²) in [5.41, 5.74) is 0.953. The molecule has 0 saturated carbocycles. The van der Waals surface area contributed by atoms with Crippen molar-refractivity contribution in [3.63, 3.8) is 0 Å². The average molecular weight is 451 g/mol. The van der Waals surface area contributed by atoms with Gasteiger partial charge in [-0.1, -0.05) is 43.6 Å². The van der Waals surface area contributed by atoms with Crippen LogP contribution in [0, 0.1) is 0 Å². The zero-order valence-corrected chi connectivity index (χ0v) is 18.7. The molecule has 1 aliphatic rings. The number of nitrogens with one attached hydrogen (secondary N) is 2. The minimum Gasteiger partial charge on any atom is -0.377 e. The van der Waals surface area contributed by atoms with Gasteiger partial charge in [0.15, 0.2) is 0 Å². The number of ether oxygens (including phenoxy) is 1. The van der Waals surface area contributed by atoms with Gasteiger partial charge >= 0.3 is 0 Å². The Kier molecular flexibility index (Phi) is 7.18. The van der Waals surface area contributed by atoms with E-state index in [0.717, 1.165) is 18.4 Å². The van der Waals surface area contributed by atoms with Gasteiger partial charge in [-0.15, -0.1) is 0 Å². The normalized spacial score (nSPS) is 17.1. The molecule has 6 nitrogen and oxygen atoms in total. The lowest BCUT2D eigenvalue weighted by atomic mass is 9.84. The van der Waals surface area contributed by atoms with Gasteiger partial charge in [0.25, 0.3) is 5.91 Å². The minimum atomic E-state index is -3.72. The van der Waals surface area contributed by atoms with E-state index in [1.807, 2.05) is 32.0 Å². The van der Waals surface area contributed by atoms with Crippen molar-refractivity contribution in [2.75, 3.05) is 19.7 Å². The quantitative estimate of drug-likeness (QED) is 0.644. The first kappa shape index (κ1) is 22.7. The Balaban J connectivity index is 1.65. The number of hydrogen-bond acceptors (Lipinski definition) is 4. The lowest BCUT2D eigenvalue weighted by Gasteiger charge is -2.26. The standard InChI is InChI=1S/C22H27ClN2O4S/c1-22(2,17-7-4-8-18(23)13-17)15-24-21(26)16-6-3-10-20(12-16)30(27,28)25-14-19-9-5-11-29-19/h3-4,6-8,10,12-13,19,25H,5,9,11,14-15H2,1-2H3,(H,24,26). The molecule has 0 spiro atoms. The van der Waals surface area contributed by atoms with Crippen molar-refractivity contribution < 1.29 is 17.9 Å². The fourth-order valence-corrected chi connectivity index (χ4v) is 4.61. The SMILES string of the molecule is CC(C)(CNC(=O)c1cccc(S(=O)(=O)NCC2CCCO2)c1)c1cccc(Cl)c1. The van der Waals surface area contributed by atoms with Crippen molar-refractivity contribution in [1.29, 1.82) is 0 Å². The molecule has 1 fully saturated rings. The van der Waals surface area contributed by atoms with Crippen LogP contribution in [0.3, 0.4) is 0 Å². The van der Waals surface area contributed by atoms with Crippen molar-refractivity contribution in [3.8, 4) is 0 Å². The fourth-order valence-electron chi connectivity index (χ4n) is 3.31. The van der Waals surface area contributed by atoms with Gasteiger partial charge in [0.1, 0.15) is 0 Å². The topological polar surface area (TPSA) is 84.5 Å². The van der Waals surface area contributed by atoms with Crippen molar-refractivity contribution in [1.82, 2.24) is 10.0 Å². The number of hydrogen-bond donors (Lipinski definition) is 2. The predicted octanol–water partition coefficient (Wildman–Crippen LogP) is 3.50. The molecule has 0 bridgehead atoms. The molecule has 1 aliphatic heterocycles. The number of sulfonamides is 1. The molecule has 3 rings (SSSR count). The molecule has 1 unspecified atom stereocenters. The molecule has 162 valence electrons.